The van der Waals surface area contributed by atoms with Crippen molar-refractivity contribution in [2.24, 2.45) is 5.73 Å². The maximum Gasteiger partial charge on any atom is -0.0106 e. The van der Waals surface area contributed by atoms with Crippen molar-refractivity contribution in [2.75, 3.05) is 6.54 Å². The summed E-state index contributed by atoms with van der Waals surface area (Å²) in [7, 11) is 0. The van der Waals surface area contributed by atoms with Crippen LogP contribution in [0.2, 0.25) is 0 Å². The van der Waals surface area contributed by atoms with Crippen molar-refractivity contribution < 1.29 is 0 Å². The lowest BCUT2D eigenvalue weighted by Gasteiger charge is -1.79. The van der Waals surface area contributed by atoms with Gasteiger partial charge in [0.05, 0.1) is 0 Å². The van der Waals surface area contributed by atoms with E-state index in [0.717, 1.165) is 6.54 Å². The fourth-order valence-electron chi connectivity index (χ4n) is 0.354. The van der Waals surface area contributed by atoms with Gasteiger partial charge in [-0.2, -0.15) is 0 Å². The molecule has 0 fully saturated rings. The van der Waals surface area contributed by atoms with E-state index >= 15 is 0 Å². The van der Waals surface area contributed by atoms with E-state index in [2.05, 4.69) is 13.8 Å². The summed E-state index contributed by atoms with van der Waals surface area (Å²) in [5.74, 6) is 0. The highest BCUT2D eigenvalue weighted by molar-refractivity contribution is 4.24. The average Bonchev–Trinajstić information content (AvgIpc) is 1.71. The lowest BCUT2D eigenvalue weighted by molar-refractivity contribution is 0.772. The van der Waals surface area contributed by atoms with Crippen LogP contribution in [0.3, 0.4) is 0 Å². The summed E-state index contributed by atoms with van der Waals surface area (Å²) in [6.07, 6.45) is 4.08. The van der Waals surface area contributed by atoms with Gasteiger partial charge in [-0.15, -0.1) is 0 Å². The first-order valence-electron chi connectivity index (χ1n) is 3.53. The van der Waals surface area contributed by atoms with Crippen molar-refractivity contribution in [2.45, 2.75) is 40.0 Å². The zero-order chi connectivity index (χ0) is 6.83. The van der Waals surface area contributed by atoms with Crippen LogP contribution >= 0.6 is 0 Å². The van der Waals surface area contributed by atoms with E-state index in [1.165, 1.54) is 19.3 Å². The number of hydrogen-bond acceptors (Lipinski definition) is 1. The highest BCUT2D eigenvalue weighted by atomic mass is 14.5. The standard InChI is InChI=1S/C5H12.C2H7N/c1-3-5-4-2;1-2-3/h3-5H2,1-2H3;2-3H2,1H3. The second-order valence-electron chi connectivity index (χ2n) is 1.76. The van der Waals surface area contributed by atoms with Crippen molar-refractivity contribution in [3.63, 3.8) is 0 Å². The summed E-state index contributed by atoms with van der Waals surface area (Å²) in [4.78, 5) is 0. The van der Waals surface area contributed by atoms with Crippen LogP contribution in [0, 0.1) is 0 Å². The zero-order valence-electron chi connectivity index (χ0n) is 6.41. The van der Waals surface area contributed by atoms with Crippen LogP contribution in [-0.2, 0) is 0 Å². The van der Waals surface area contributed by atoms with E-state index in [9.17, 15) is 0 Å². The van der Waals surface area contributed by atoms with Gasteiger partial charge in [0.2, 0.25) is 0 Å². The van der Waals surface area contributed by atoms with Crippen LogP contribution in [0.5, 0.6) is 0 Å². The quantitative estimate of drug-likeness (QED) is 0.589. The molecule has 0 atom stereocenters. The lowest BCUT2D eigenvalue weighted by atomic mass is 10.3. The molecule has 0 aromatic carbocycles. The van der Waals surface area contributed by atoms with Gasteiger partial charge >= 0.3 is 0 Å². The molecule has 8 heavy (non-hydrogen) atoms. The van der Waals surface area contributed by atoms with Gasteiger partial charge in [-0.3, -0.25) is 0 Å². The van der Waals surface area contributed by atoms with Gasteiger partial charge in [0.1, 0.15) is 0 Å². The Bertz CT molecular complexity index is 18.3. The minimum absolute atomic E-state index is 0.750. The Kier molecular flexibility index (Phi) is 21.4. The maximum absolute atomic E-state index is 4.85. The van der Waals surface area contributed by atoms with E-state index < -0.39 is 0 Å². The molecule has 0 aromatic rings. The van der Waals surface area contributed by atoms with Gasteiger partial charge in [0, 0.05) is 0 Å². The normalized spacial score (nSPS) is 7.50. The highest BCUT2D eigenvalue weighted by Crippen LogP contribution is 1.88. The molecule has 0 aliphatic rings. The third-order valence-electron chi connectivity index (χ3n) is 0.707. The molecule has 0 aliphatic carbocycles. The number of rotatable bonds is 2. The molecule has 1 nitrogen and oxygen atoms in total. The van der Waals surface area contributed by atoms with Gasteiger partial charge < -0.3 is 5.73 Å². The van der Waals surface area contributed by atoms with Crippen LogP contribution in [0.25, 0.3) is 0 Å². The SMILES string of the molecule is CCCCC.CCN. The van der Waals surface area contributed by atoms with E-state index in [-0.39, 0.29) is 0 Å². The Morgan fingerprint density at radius 2 is 1.25 bits per heavy atom. The molecule has 2 N–H and O–H groups in total. The van der Waals surface area contributed by atoms with Crippen LogP contribution in [0.1, 0.15) is 40.0 Å². The Morgan fingerprint density at radius 3 is 1.25 bits per heavy atom. The minimum Gasteiger partial charge on any atom is -0.331 e. The van der Waals surface area contributed by atoms with Gasteiger partial charge in [0.25, 0.3) is 0 Å². The van der Waals surface area contributed by atoms with Gasteiger partial charge in [-0.05, 0) is 6.54 Å². The molecule has 0 rings (SSSR count). The van der Waals surface area contributed by atoms with Crippen LogP contribution in [-0.4, -0.2) is 6.54 Å². The fraction of sp³-hybridized carbons (Fsp3) is 1.00. The third-order valence-corrected chi connectivity index (χ3v) is 0.707. The smallest absolute Gasteiger partial charge is 0.0106 e. The predicted molar refractivity (Wildman–Crippen MR) is 39.9 cm³/mol. The molecular formula is C7H19N. The van der Waals surface area contributed by atoms with E-state index in [1.807, 2.05) is 6.92 Å². The number of hydrogen-bond donors (Lipinski definition) is 1. The highest BCUT2D eigenvalue weighted by Gasteiger charge is 1.68. The molecule has 0 saturated carbocycles. The molecule has 0 bridgehead atoms. The van der Waals surface area contributed by atoms with Crippen molar-refractivity contribution in [1.82, 2.24) is 0 Å². The van der Waals surface area contributed by atoms with E-state index in [4.69, 9.17) is 5.73 Å². The largest absolute Gasteiger partial charge is 0.331 e. The zero-order valence-corrected chi connectivity index (χ0v) is 6.41. The van der Waals surface area contributed by atoms with Crippen molar-refractivity contribution in [1.29, 1.82) is 0 Å². The third kappa shape index (κ3) is 38.2. The maximum atomic E-state index is 4.85. The summed E-state index contributed by atoms with van der Waals surface area (Å²) in [5.41, 5.74) is 4.85. The first kappa shape index (κ1) is 10.9. The topological polar surface area (TPSA) is 26.0 Å². The molecule has 0 saturated heterocycles. The fourth-order valence-corrected chi connectivity index (χ4v) is 0.354. The van der Waals surface area contributed by atoms with Crippen LogP contribution in [0.4, 0.5) is 0 Å². The second kappa shape index (κ2) is 15.8. The predicted octanol–water partition coefficient (Wildman–Crippen LogP) is 2.16. The van der Waals surface area contributed by atoms with Gasteiger partial charge in [-0.25, -0.2) is 0 Å². The molecule has 0 spiro atoms. The number of unbranched alkanes of at least 4 members (excludes halogenated alkanes) is 2. The average molecular weight is 117 g/mol. The summed E-state index contributed by atoms with van der Waals surface area (Å²) in [6, 6.07) is 0. The molecule has 0 radical (unpaired) electrons. The molecule has 0 aliphatic heterocycles. The Balaban J connectivity index is 0. The van der Waals surface area contributed by atoms with Crippen molar-refractivity contribution in [3.05, 3.63) is 0 Å². The Labute approximate surface area is 53.3 Å². The summed E-state index contributed by atoms with van der Waals surface area (Å²) in [5, 5.41) is 0. The van der Waals surface area contributed by atoms with Gasteiger partial charge in [0.15, 0.2) is 0 Å². The molecule has 0 heterocycles. The van der Waals surface area contributed by atoms with E-state index in [0.29, 0.717) is 0 Å². The van der Waals surface area contributed by atoms with Gasteiger partial charge in [-0.1, -0.05) is 40.0 Å². The summed E-state index contributed by atoms with van der Waals surface area (Å²) < 4.78 is 0. The second-order valence-corrected chi connectivity index (χ2v) is 1.76. The van der Waals surface area contributed by atoms with Crippen LogP contribution in [0.15, 0.2) is 0 Å². The number of nitrogens with two attached hydrogens (primary N) is 1. The lowest BCUT2D eigenvalue weighted by Crippen LogP contribution is -1.87. The molecular weight excluding hydrogens is 98.1 g/mol. The van der Waals surface area contributed by atoms with Crippen LogP contribution < -0.4 is 5.73 Å². The summed E-state index contributed by atoms with van der Waals surface area (Å²) in [6.45, 7) is 7.08. The van der Waals surface area contributed by atoms with E-state index in [1.54, 1.807) is 0 Å². The first-order chi connectivity index (χ1) is 3.83. The summed E-state index contributed by atoms with van der Waals surface area (Å²) >= 11 is 0. The Morgan fingerprint density at radius 1 is 1.00 bits per heavy atom. The first-order valence-corrected chi connectivity index (χ1v) is 3.53. The molecule has 0 aromatic heterocycles. The van der Waals surface area contributed by atoms with Crippen molar-refractivity contribution >= 4 is 0 Å². The van der Waals surface area contributed by atoms with Crippen molar-refractivity contribution in [3.8, 4) is 0 Å². The molecule has 52 valence electrons. The minimum atomic E-state index is 0.750. The molecule has 1 heteroatoms. The Hall–Kier alpha value is -0.0400. The monoisotopic (exact) mass is 117 g/mol. The molecule has 0 unspecified atom stereocenters. The molecule has 0 amide bonds.